The quantitative estimate of drug-likeness (QED) is 0.873. The van der Waals surface area contributed by atoms with Crippen molar-refractivity contribution < 1.29 is 9.18 Å². The maximum Gasteiger partial charge on any atom is 0.226 e. The van der Waals surface area contributed by atoms with E-state index in [1.807, 2.05) is 13.8 Å². The van der Waals surface area contributed by atoms with Gasteiger partial charge in [-0.1, -0.05) is 30.1 Å². The molecule has 0 radical (unpaired) electrons. The summed E-state index contributed by atoms with van der Waals surface area (Å²) in [5.41, 5.74) is 0.244. The lowest BCUT2D eigenvalue weighted by Crippen LogP contribution is -2.30. The van der Waals surface area contributed by atoms with E-state index in [-0.39, 0.29) is 34.1 Å². The summed E-state index contributed by atoms with van der Waals surface area (Å²) < 4.78 is 13.0. The van der Waals surface area contributed by atoms with E-state index in [2.05, 4.69) is 10.6 Å². The fraction of sp³-hybridized carbons (Fsp3) is 0.417. The first-order chi connectivity index (χ1) is 8.43. The number of carbonyl (C=O) groups is 1. The van der Waals surface area contributed by atoms with Crippen molar-refractivity contribution in [1.29, 1.82) is 0 Å². The predicted octanol–water partition coefficient (Wildman–Crippen LogP) is 3.46. The zero-order chi connectivity index (χ0) is 13.7. The van der Waals surface area contributed by atoms with E-state index >= 15 is 0 Å². The molecule has 2 N–H and O–H groups in total. The second-order valence-electron chi connectivity index (χ2n) is 3.96. The molecule has 0 aromatic heterocycles. The van der Waals surface area contributed by atoms with Crippen molar-refractivity contribution in [1.82, 2.24) is 5.32 Å². The molecule has 0 aliphatic heterocycles. The Morgan fingerprint density at radius 2 is 1.94 bits per heavy atom. The maximum absolute atomic E-state index is 13.0. The third-order valence-electron chi connectivity index (χ3n) is 2.32. The normalized spacial score (nSPS) is 12.3. The molecule has 3 nitrogen and oxygen atoms in total. The highest BCUT2D eigenvalue weighted by Gasteiger charge is 2.13. The van der Waals surface area contributed by atoms with Gasteiger partial charge in [-0.05, 0) is 25.6 Å². The summed E-state index contributed by atoms with van der Waals surface area (Å²) in [6.45, 7) is 4.64. The van der Waals surface area contributed by atoms with E-state index < -0.39 is 5.82 Å². The van der Waals surface area contributed by atoms with Gasteiger partial charge in [0.05, 0.1) is 15.7 Å². The van der Waals surface area contributed by atoms with Crippen molar-refractivity contribution in [3.8, 4) is 0 Å². The smallest absolute Gasteiger partial charge is 0.226 e. The van der Waals surface area contributed by atoms with Gasteiger partial charge in [-0.25, -0.2) is 4.39 Å². The molecule has 0 fully saturated rings. The van der Waals surface area contributed by atoms with Crippen LogP contribution in [0.5, 0.6) is 0 Å². The van der Waals surface area contributed by atoms with Gasteiger partial charge in [0.25, 0.3) is 0 Å². The lowest BCUT2D eigenvalue weighted by atomic mass is 10.2. The van der Waals surface area contributed by atoms with Gasteiger partial charge in [0, 0.05) is 12.5 Å². The molecular weight excluding hydrogens is 278 g/mol. The van der Waals surface area contributed by atoms with E-state index in [1.165, 1.54) is 0 Å². The summed E-state index contributed by atoms with van der Waals surface area (Å²) in [4.78, 5) is 11.7. The summed E-state index contributed by atoms with van der Waals surface area (Å²) in [6.07, 6.45) is 0.290. The summed E-state index contributed by atoms with van der Waals surface area (Å²) in [6, 6.07) is 2.26. The minimum atomic E-state index is -0.538. The second kappa shape index (κ2) is 6.92. The van der Waals surface area contributed by atoms with Crippen molar-refractivity contribution in [2.45, 2.75) is 26.3 Å². The van der Waals surface area contributed by atoms with Gasteiger partial charge in [-0.2, -0.15) is 0 Å². The van der Waals surface area contributed by atoms with Crippen molar-refractivity contribution in [3.05, 3.63) is 28.0 Å². The van der Waals surface area contributed by atoms with E-state index in [4.69, 9.17) is 23.2 Å². The molecule has 1 aromatic carbocycles. The Balaban J connectivity index is 2.70. The average molecular weight is 293 g/mol. The van der Waals surface area contributed by atoms with Crippen LogP contribution in [0.3, 0.4) is 0 Å². The maximum atomic E-state index is 13.0. The fourth-order valence-electron chi connectivity index (χ4n) is 1.55. The predicted molar refractivity (Wildman–Crippen MR) is 72.8 cm³/mol. The number of amides is 1. The van der Waals surface area contributed by atoms with Crippen LogP contribution in [-0.2, 0) is 4.79 Å². The highest BCUT2D eigenvalue weighted by molar-refractivity contribution is 6.39. The SMILES string of the molecule is CCNC(C)CC(=O)Nc1c(Cl)cc(F)cc1Cl. The van der Waals surface area contributed by atoms with E-state index in [0.717, 1.165) is 18.7 Å². The Morgan fingerprint density at radius 3 is 2.44 bits per heavy atom. The molecule has 18 heavy (non-hydrogen) atoms. The average Bonchev–Trinajstić information content (AvgIpc) is 2.23. The molecule has 0 heterocycles. The molecule has 1 unspecified atom stereocenters. The molecule has 0 aliphatic rings. The third-order valence-corrected chi connectivity index (χ3v) is 2.91. The number of hydrogen-bond acceptors (Lipinski definition) is 2. The number of nitrogens with one attached hydrogen (secondary N) is 2. The Labute approximate surface area is 116 Å². The largest absolute Gasteiger partial charge is 0.323 e. The Hall–Kier alpha value is -0.840. The van der Waals surface area contributed by atoms with Crippen LogP contribution in [0.1, 0.15) is 20.3 Å². The molecular formula is C12H15Cl2FN2O. The Bertz CT molecular complexity index is 417. The topological polar surface area (TPSA) is 41.1 Å². The Morgan fingerprint density at radius 1 is 1.39 bits per heavy atom. The van der Waals surface area contributed by atoms with E-state index in [9.17, 15) is 9.18 Å². The van der Waals surface area contributed by atoms with E-state index in [1.54, 1.807) is 0 Å². The van der Waals surface area contributed by atoms with Crippen LogP contribution < -0.4 is 10.6 Å². The number of halogens is 3. The zero-order valence-electron chi connectivity index (χ0n) is 10.2. The third kappa shape index (κ3) is 4.44. The molecule has 1 amide bonds. The van der Waals surface area contributed by atoms with Gasteiger partial charge >= 0.3 is 0 Å². The highest BCUT2D eigenvalue weighted by atomic mass is 35.5. The Kier molecular flexibility index (Phi) is 5.85. The van der Waals surface area contributed by atoms with Crippen LogP contribution in [0.2, 0.25) is 10.0 Å². The van der Waals surface area contributed by atoms with Crippen LogP contribution in [0, 0.1) is 5.82 Å². The van der Waals surface area contributed by atoms with Gasteiger partial charge in [0.1, 0.15) is 5.82 Å². The minimum Gasteiger partial charge on any atom is -0.323 e. The van der Waals surface area contributed by atoms with Gasteiger partial charge < -0.3 is 10.6 Å². The minimum absolute atomic E-state index is 0.0491. The number of carbonyl (C=O) groups excluding carboxylic acids is 1. The molecule has 1 rings (SSSR count). The lowest BCUT2D eigenvalue weighted by Gasteiger charge is -2.13. The van der Waals surface area contributed by atoms with Crippen molar-refractivity contribution in [2.75, 3.05) is 11.9 Å². The van der Waals surface area contributed by atoms with Gasteiger partial charge in [0.15, 0.2) is 0 Å². The summed E-state index contributed by atoms with van der Waals surface area (Å²) in [7, 11) is 0. The first-order valence-corrected chi connectivity index (χ1v) is 6.37. The van der Waals surface area contributed by atoms with Gasteiger partial charge in [-0.15, -0.1) is 0 Å². The van der Waals surface area contributed by atoms with Crippen LogP contribution in [-0.4, -0.2) is 18.5 Å². The summed E-state index contributed by atoms with van der Waals surface area (Å²) in [5, 5.41) is 5.87. The van der Waals surface area contributed by atoms with Crippen LogP contribution in [0.4, 0.5) is 10.1 Å². The molecule has 0 saturated heterocycles. The monoisotopic (exact) mass is 292 g/mol. The summed E-state index contributed by atoms with van der Waals surface area (Å²) >= 11 is 11.6. The standard InChI is InChI=1S/C12H15Cl2FN2O/c1-3-16-7(2)4-11(18)17-12-9(13)5-8(15)6-10(12)14/h5-7,16H,3-4H2,1-2H3,(H,17,18). The number of benzene rings is 1. The number of anilines is 1. The van der Waals surface area contributed by atoms with Crippen LogP contribution in [0.15, 0.2) is 12.1 Å². The molecule has 0 bridgehead atoms. The van der Waals surface area contributed by atoms with Crippen molar-refractivity contribution >= 4 is 34.8 Å². The first kappa shape index (κ1) is 15.2. The molecule has 6 heteroatoms. The second-order valence-corrected chi connectivity index (χ2v) is 4.77. The molecule has 0 spiro atoms. The molecule has 0 aliphatic carbocycles. The molecule has 0 saturated carbocycles. The molecule has 1 aromatic rings. The van der Waals surface area contributed by atoms with Crippen LogP contribution in [0.25, 0.3) is 0 Å². The van der Waals surface area contributed by atoms with Gasteiger partial charge in [0.2, 0.25) is 5.91 Å². The number of hydrogen-bond donors (Lipinski definition) is 2. The molecule has 1 atom stereocenters. The fourth-order valence-corrected chi connectivity index (χ4v) is 2.11. The first-order valence-electron chi connectivity index (χ1n) is 5.61. The molecule has 100 valence electrons. The zero-order valence-corrected chi connectivity index (χ0v) is 11.7. The lowest BCUT2D eigenvalue weighted by molar-refractivity contribution is -0.116. The van der Waals surface area contributed by atoms with Crippen molar-refractivity contribution in [2.24, 2.45) is 0 Å². The summed E-state index contributed by atoms with van der Waals surface area (Å²) in [5.74, 6) is -0.761. The van der Waals surface area contributed by atoms with Crippen LogP contribution >= 0.6 is 23.2 Å². The highest BCUT2D eigenvalue weighted by Crippen LogP contribution is 2.31. The van der Waals surface area contributed by atoms with E-state index in [0.29, 0.717) is 0 Å². The number of rotatable bonds is 5. The van der Waals surface area contributed by atoms with Gasteiger partial charge in [-0.3, -0.25) is 4.79 Å². The van der Waals surface area contributed by atoms with Crippen molar-refractivity contribution in [3.63, 3.8) is 0 Å².